The van der Waals surface area contributed by atoms with Gasteiger partial charge in [-0.25, -0.2) is 4.39 Å². The minimum atomic E-state index is -0.370. The number of ether oxygens (including phenoxy) is 1. The maximum Gasteiger partial charge on any atom is 0.223 e. The van der Waals surface area contributed by atoms with Crippen molar-refractivity contribution in [3.05, 3.63) is 30.1 Å². The maximum absolute atomic E-state index is 12.9. The van der Waals surface area contributed by atoms with Gasteiger partial charge in [0, 0.05) is 25.1 Å². The highest BCUT2D eigenvalue weighted by molar-refractivity contribution is 5.79. The lowest BCUT2D eigenvalue weighted by Crippen LogP contribution is -2.47. The Morgan fingerprint density at radius 1 is 1.50 bits per heavy atom. The Morgan fingerprint density at radius 2 is 2.35 bits per heavy atom. The fraction of sp³-hybridized carbons (Fsp3) is 0.429. The molecule has 0 spiro atoms. The van der Waals surface area contributed by atoms with Crippen molar-refractivity contribution in [3.8, 4) is 5.75 Å². The van der Waals surface area contributed by atoms with Crippen molar-refractivity contribution in [2.45, 2.75) is 25.3 Å². The van der Waals surface area contributed by atoms with Crippen LogP contribution >= 0.6 is 0 Å². The Bertz CT molecular complexity index is 483. The van der Waals surface area contributed by atoms with Crippen LogP contribution in [0.2, 0.25) is 0 Å². The molecule has 1 atom stereocenters. The molecule has 0 radical (unpaired) electrons. The van der Waals surface area contributed by atoms with Crippen LogP contribution in [0.25, 0.3) is 0 Å². The molecule has 0 aromatic heterocycles. The molecule has 5 nitrogen and oxygen atoms in total. The third-order valence-electron chi connectivity index (χ3n) is 3.02. The number of rotatable bonds is 5. The molecule has 0 saturated carbocycles. The van der Waals surface area contributed by atoms with E-state index in [9.17, 15) is 14.0 Å². The molecule has 1 aromatic rings. The van der Waals surface area contributed by atoms with E-state index in [0.717, 1.165) is 0 Å². The molecular weight excluding hydrogens is 263 g/mol. The van der Waals surface area contributed by atoms with Crippen molar-refractivity contribution in [1.29, 1.82) is 0 Å². The van der Waals surface area contributed by atoms with Crippen molar-refractivity contribution in [3.63, 3.8) is 0 Å². The number of carbonyl (C=O) groups is 2. The van der Waals surface area contributed by atoms with E-state index in [1.165, 1.54) is 12.1 Å². The van der Waals surface area contributed by atoms with Crippen LogP contribution in [0.4, 0.5) is 4.39 Å². The van der Waals surface area contributed by atoms with Gasteiger partial charge in [-0.3, -0.25) is 9.59 Å². The quantitative estimate of drug-likeness (QED) is 0.845. The van der Waals surface area contributed by atoms with Crippen LogP contribution in [0.1, 0.15) is 19.3 Å². The van der Waals surface area contributed by atoms with Crippen molar-refractivity contribution in [2.24, 2.45) is 0 Å². The Kier molecular flexibility index (Phi) is 4.92. The zero-order valence-corrected chi connectivity index (χ0v) is 11.0. The Balaban J connectivity index is 1.66. The Morgan fingerprint density at radius 3 is 3.05 bits per heavy atom. The van der Waals surface area contributed by atoms with Crippen molar-refractivity contribution >= 4 is 11.8 Å². The van der Waals surface area contributed by atoms with Gasteiger partial charge in [0.2, 0.25) is 11.8 Å². The van der Waals surface area contributed by atoms with Crippen molar-refractivity contribution in [1.82, 2.24) is 10.6 Å². The van der Waals surface area contributed by atoms with E-state index in [1.54, 1.807) is 12.1 Å². The third-order valence-corrected chi connectivity index (χ3v) is 3.02. The van der Waals surface area contributed by atoms with Crippen LogP contribution in [0, 0.1) is 5.82 Å². The molecule has 6 heteroatoms. The minimum Gasteiger partial charge on any atom is -0.493 e. The summed E-state index contributed by atoms with van der Waals surface area (Å²) < 4.78 is 18.2. The summed E-state index contributed by atoms with van der Waals surface area (Å²) in [5.74, 6) is -0.0832. The lowest BCUT2D eigenvalue weighted by molar-refractivity contribution is -0.125. The number of halogens is 1. The van der Waals surface area contributed by atoms with Gasteiger partial charge in [-0.1, -0.05) is 6.07 Å². The summed E-state index contributed by atoms with van der Waals surface area (Å²) in [4.78, 5) is 22.6. The van der Waals surface area contributed by atoms with E-state index in [-0.39, 0.29) is 36.7 Å². The van der Waals surface area contributed by atoms with E-state index in [4.69, 9.17) is 4.74 Å². The molecule has 1 aliphatic rings. The summed E-state index contributed by atoms with van der Waals surface area (Å²) in [6.45, 7) is 0.656. The van der Waals surface area contributed by atoms with E-state index in [0.29, 0.717) is 25.1 Å². The molecule has 0 aliphatic carbocycles. The first-order valence-corrected chi connectivity index (χ1v) is 6.58. The summed E-state index contributed by atoms with van der Waals surface area (Å²) in [5, 5.41) is 5.53. The summed E-state index contributed by atoms with van der Waals surface area (Å²) in [7, 11) is 0. The molecule has 1 saturated heterocycles. The fourth-order valence-electron chi connectivity index (χ4n) is 1.97. The smallest absolute Gasteiger partial charge is 0.223 e. The lowest BCUT2D eigenvalue weighted by atomic mass is 10.1. The van der Waals surface area contributed by atoms with E-state index in [1.807, 2.05) is 0 Å². The molecule has 1 fully saturated rings. The average Bonchev–Trinajstić information content (AvgIpc) is 2.41. The van der Waals surface area contributed by atoms with Crippen LogP contribution in [-0.2, 0) is 9.59 Å². The molecule has 1 aliphatic heterocycles. The third kappa shape index (κ3) is 4.53. The number of hydrogen-bond acceptors (Lipinski definition) is 3. The second-order valence-corrected chi connectivity index (χ2v) is 4.66. The zero-order chi connectivity index (χ0) is 14.4. The predicted molar refractivity (Wildman–Crippen MR) is 70.7 cm³/mol. The number of hydrogen-bond donors (Lipinski definition) is 2. The van der Waals surface area contributed by atoms with Gasteiger partial charge in [0.15, 0.2) is 0 Å². The highest BCUT2D eigenvalue weighted by Gasteiger charge is 2.19. The average molecular weight is 280 g/mol. The predicted octanol–water partition coefficient (Wildman–Crippen LogP) is 0.989. The van der Waals surface area contributed by atoms with Crippen LogP contribution in [0.15, 0.2) is 24.3 Å². The molecule has 1 heterocycles. The van der Waals surface area contributed by atoms with Crippen LogP contribution in [0.5, 0.6) is 5.75 Å². The van der Waals surface area contributed by atoms with Gasteiger partial charge in [-0.15, -0.1) is 0 Å². The van der Waals surface area contributed by atoms with Crippen LogP contribution in [-0.4, -0.2) is 31.0 Å². The number of amides is 2. The Labute approximate surface area is 116 Å². The van der Waals surface area contributed by atoms with Crippen LogP contribution in [0.3, 0.4) is 0 Å². The second-order valence-electron chi connectivity index (χ2n) is 4.66. The fourth-order valence-corrected chi connectivity index (χ4v) is 1.97. The summed E-state index contributed by atoms with van der Waals surface area (Å²) in [5.41, 5.74) is 0. The molecule has 0 bridgehead atoms. The molecule has 1 unspecified atom stereocenters. The van der Waals surface area contributed by atoms with Gasteiger partial charge in [-0.2, -0.15) is 0 Å². The lowest BCUT2D eigenvalue weighted by Gasteiger charge is -2.23. The zero-order valence-electron chi connectivity index (χ0n) is 11.0. The molecule has 20 heavy (non-hydrogen) atoms. The highest BCUT2D eigenvalue weighted by Crippen LogP contribution is 2.12. The van der Waals surface area contributed by atoms with Crippen molar-refractivity contribution in [2.75, 3.05) is 13.2 Å². The van der Waals surface area contributed by atoms with Gasteiger partial charge in [0.25, 0.3) is 0 Å². The molecule has 2 N–H and O–H groups in total. The largest absolute Gasteiger partial charge is 0.493 e. The normalized spacial score (nSPS) is 18.2. The first-order valence-electron chi connectivity index (χ1n) is 6.58. The van der Waals surface area contributed by atoms with Crippen molar-refractivity contribution < 1.29 is 18.7 Å². The summed E-state index contributed by atoms with van der Waals surface area (Å²) >= 11 is 0. The standard InChI is InChI=1S/C14H17FN2O3/c15-10-2-1-3-12(8-10)20-7-6-14(19)17-11-4-5-13(18)16-9-11/h1-3,8,11H,4-7,9H2,(H,16,18)(H,17,19). The van der Waals surface area contributed by atoms with Gasteiger partial charge < -0.3 is 15.4 Å². The monoisotopic (exact) mass is 280 g/mol. The molecule has 108 valence electrons. The molecule has 2 rings (SSSR count). The van der Waals surface area contributed by atoms with Gasteiger partial charge >= 0.3 is 0 Å². The number of carbonyl (C=O) groups excluding carboxylic acids is 2. The highest BCUT2D eigenvalue weighted by atomic mass is 19.1. The Hall–Kier alpha value is -2.11. The van der Waals surface area contributed by atoms with E-state index < -0.39 is 0 Å². The summed E-state index contributed by atoms with van der Waals surface area (Å²) in [6.07, 6.45) is 1.29. The van der Waals surface area contributed by atoms with Gasteiger partial charge in [0.1, 0.15) is 11.6 Å². The molecular formula is C14H17FN2O3. The number of piperidine rings is 1. The van der Waals surface area contributed by atoms with E-state index >= 15 is 0 Å². The summed E-state index contributed by atoms with van der Waals surface area (Å²) in [6, 6.07) is 5.77. The molecule has 1 aromatic carbocycles. The first kappa shape index (κ1) is 14.3. The second kappa shape index (κ2) is 6.88. The SMILES string of the molecule is O=C1CCC(NC(=O)CCOc2cccc(F)c2)CN1. The molecule has 2 amide bonds. The minimum absolute atomic E-state index is 0.0185. The maximum atomic E-state index is 12.9. The van der Waals surface area contributed by atoms with E-state index in [2.05, 4.69) is 10.6 Å². The van der Waals surface area contributed by atoms with Gasteiger partial charge in [-0.05, 0) is 18.6 Å². The first-order chi connectivity index (χ1) is 9.63. The van der Waals surface area contributed by atoms with Gasteiger partial charge in [0.05, 0.1) is 13.0 Å². The topological polar surface area (TPSA) is 67.4 Å². The number of nitrogens with one attached hydrogen (secondary N) is 2. The number of benzene rings is 1. The van der Waals surface area contributed by atoms with Crippen LogP contribution < -0.4 is 15.4 Å².